The molecule has 0 bridgehead atoms. The van der Waals surface area contributed by atoms with E-state index in [2.05, 4.69) is 59.5 Å². The Morgan fingerprint density at radius 2 is 1.93 bits per heavy atom. The molecule has 0 aromatic heterocycles. The Kier molecular flexibility index (Phi) is 7.66. The van der Waals surface area contributed by atoms with Crippen LogP contribution >= 0.6 is 15.9 Å². The zero-order chi connectivity index (χ0) is 19.9. The molecule has 0 aliphatic carbocycles. The second kappa shape index (κ2) is 9.74. The second-order valence-corrected chi connectivity index (χ2v) is 8.19. The molecule has 2 N–H and O–H groups in total. The van der Waals surface area contributed by atoms with E-state index in [9.17, 15) is 9.18 Å². The lowest BCUT2D eigenvalue weighted by atomic mass is 9.87. The minimum atomic E-state index is -0.312. The van der Waals surface area contributed by atoms with E-state index in [0.29, 0.717) is 19.6 Å². The Morgan fingerprint density at radius 3 is 2.59 bits per heavy atom. The number of hydrogen-bond acceptors (Lipinski definition) is 2. The van der Waals surface area contributed by atoms with Gasteiger partial charge < -0.3 is 15.4 Å². The van der Waals surface area contributed by atoms with E-state index in [4.69, 9.17) is 4.74 Å². The Morgan fingerprint density at radius 1 is 1.15 bits per heavy atom. The summed E-state index contributed by atoms with van der Waals surface area (Å²) in [6.07, 6.45) is 0.681. The summed E-state index contributed by atoms with van der Waals surface area (Å²) in [7, 11) is 0. The molecule has 0 saturated heterocycles. The predicted octanol–water partition coefficient (Wildman–Crippen LogP) is 5.15. The Balaban J connectivity index is 1.66. The number of rotatable bonds is 7. The molecule has 0 spiro atoms. The van der Waals surface area contributed by atoms with Gasteiger partial charge in [-0.1, -0.05) is 39.0 Å². The molecule has 146 valence electrons. The summed E-state index contributed by atoms with van der Waals surface area (Å²) in [5, 5.41) is 5.46. The van der Waals surface area contributed by atoms with Crippen molar-refractivity contribution in [2.75, 3.05) is 13.2 Å². The molecule has 0 radical (unpaired) electrons. The molecule has 2 amide bonds. The largest absolute Gasteiger partial charge is 0.492 e. The van der Waals surface area contributed by atoms with Crippen LogP contribution in [0.1, 0.15) is 38.3 Å². The molecule has 2 aromatic carbocycles. The quantitative estimate of drug-likeness (QED) is 0.589. The number of urea groups is 1. The molecular formula is C21H26BrFN2O2. The van der Waals surface area contributed by atoms with Gasteiger partial charge in [0.15, 0.2) is 0 Å². The van der Waals surface area contributed by atoms with Gasteiger partial charge in [-0.3, -0.25) is 0 Å². The van der Waals surface area contributed by atoms with Gasteiger partial charge in [0, 0.05) is 13.1 Å². The van der Waals surface area contributed by atoms with Gasteiger partial charge in [0.05, 0.1) is 11.1 Å². The maximum absolute atomic E-state index is 13.1. The number of hydrogen-bond donors (Lipinski definition) is 2. The third-order valence-corrected chi connectivity index (χ3v) is 4.62. The smallest absolute Gasteiger partial charge is 0.315 e. The lowest BCUT2D eigenvalue weighted by molar-refractivity contribution is 0.238. The van der Waals surface area contributed by atoms with Crippen LogP contribution in [0.15, 0.2) is 46.9 Å². The topological polar surface area (TPSA) is 50.4 Å². The molecule has 2 rings (SSSR count). The van der Waals surface area contributed by atoms with Crippen LogP contribution in [-0.4, -0.2) is 19.2 Å². The number of carbonyl (C=O) groups excluding carboxylic acids is 1. The van der Waals surface area contributed by atoms with E-state index in [1.165, 1.54) is 17.7 Å². The SMILES string of the molecule is CC(C)(C)c1ccc(OCCCNC(=O)NCc2cccc(F)c2)c(Br)c1. The van der Waals surface area contributed by atoms with Crippen molar-refractivity contribution in [1.29, 1.82) is 0 Å². The Hall–Kier alpha value is -2.08. The first kappa shape index (κ1) is 21.2. The molecule has 0 aliphatic heterocycles. The van der Waals surface area contributed by atoms with Gasteiger partial charge in [-0.2, -0.15) is 0 Å². The van der Waals surface area contributed by atoms with Crippen molar-refractivity contribution in [3.05, 3.63) is 63.9 Å². The summed E-state index contributed by atoms with van der Waals surface area (Å²) in [5.41, 5.74) is 2.04. The van der Waals surface area contributed by atoms with Crippen LogP contribution in [0.2, 0.25) is 0 Å². The summed E-state index contributed by atoms with van der Waals surface area (Å²) < 4.78 is 19.8. The summed E-state index contributed by atoms with van der Waals surface area (Å²) in [6, 6.07) is 12.0. The molecule has 0 unspecified atom stereocenters. The first-order chi connectivity index (χ1) is 12.8. The number of ether oxygens (including phenoxy) is 1. The lowest BCUT2D eigenvalue weighted by Gasteiger charge is -2.20. The zero-order valence-corrected chi connectivity index (χ0v) is 17.5. The molecule has 0 saturated carbocycles. The zero-order valence-electron chi connectivity index (χ0n) is 15.9. The van der Waals surface area contributed by atoms with Crippen molar-refractivity contribution in [2.24, 2.45) is 0 Å². The van der Waals surface area contributed by atoms with Crippen molar-refractivity contribution >= 4 is 22.0 Å². The van der Waals surface area contributed by atoms with Crippen LogP contribution in [0.4, 0.5) is 9.18 Å². The second-order valence-electron chi connectivity index (χ2n) is 7.34. The van der Waals surface area contributed by atoms with E-state index >= 15 is 0 Å². The van der Waals surface area contributed by atoms with Gasteiger partial charge in [-0.05, 0) is 63.2 Å². The molecule has 27 heavy (non-hydrogen) atoms. The van der Waals surface area contributed by atoms with Crippen LogP contribution < -0.4 is 15.4 Å². The van der Waals surface area contributed by atoms with E-state index in [1.807, 2.05) is 6.07 Å². The van der Waals surface area contributed by atoms with Crippen molar-refractivity contribution in [2.45, 2.75) is 39.2 Å². The fraction of sp³-hybridized carbons (Fsp3) is 0.381. The van der Waals surface area contributed by atoms with Gasteiger partial charge in [0.2, 0.25) is 0 Å². The number of carbonyl (C=O) groups is 1. The normalized spacial score (nSPS) is 11.1. The molecular weight excluding hydrogens is 411 g/mol. The highest BCUT2D eigenvalue weighted by Gasteiger charge is 2.15. The highest BCUT2D eigenvalue weighted by atomic mass is 79.9. The fourth-order valence-electron chi connectivity index (χ4n) is 2.43. The average molecular weight is 437 g/mol. The Bertz CT molecular complexity index is 775. The lowest BCUT2D eigenvalue weighted by Crippen LogP contribution is -2.36. The van der Waals surface area contributed by atoms with Crippen LogP contribution in [0, 0.1) is 5.82 Å². The average Bonchev–Trinajstić information content (AvgIpc) is 2.60. The van der Waals surface area contributed by atoms with Crippen LogP contribution in [-0.2, 0) is 12.0 Å². The number of benzene rings is 2. The van der Waals surface area contributed by atoms with E-state index in [1.54, 1.807) is 12.1 Å². The van der Waals surface area contributed by atoms with E-state index < -0.39 is 0 Å². The van der Waals surface area contributed by atoms with Crippen LogP contribution in [0.3, 0.4) is 0 Å². The molecule has 0 heterocycles. The van der Waals surface area contributed by atoms with Crippen molar-refractivity contribution in [1.82, 2.24) is 10.6 Å². The number of halogens is 2. The molecule has 0 aliphatic rings. The van der Waals surface area contributed by atoms with Crippen molar-refractivity contribution < 1.29 is 13.9 Å². The molecule has 4 nitrogen and oxygen atoms in total. The summed E-state index contributed by atoms with van der Waals surface area (Å²) in [6.45, 7) is 7.78. The monoisotopic (exact) mass is 436 g/mol. The van der Waals surface area contributed by atoms with E-state index in [-0.39, 0.29) is 23.8 Å². The van der Waals surface area contributed by atoms with Gasteiger partial charge in [0.1, 0.15) is 11.6 Å². The summed E-state index contributed by atoms with van der Waals surface area (Å²) in [4.78, 5) is 11.8. The molecule has 0 atom stereocenters. The maximum Gasteiger partial charge on any atom is 0.315 e. The van der Waals surface area contributed by atoms with Crippen LogP contribution in [0.25, 0.3) is 0 Å². The third-order valence-electron chi connectivity index (χ3n) is 4.00. The summed E-state index contributed by atoms with van der Waals surface area (Å²) in [5.74, 6) is 0.479. The standard InChI is InChI=1S/C21H26BrFN2O2/c1-21(2,3)16-8-9-19(18(22)13-16)27-11-5-10-24-20(26)25-14-15-6-4-7-17(23)12-15/h4,6-9,12-13H,5,10-11,14H2,1-3H3,(H2,24,25,26). The van der Waals surface area contributed by atoms with Crippen molar-refractivity contribution in [3.8, 4) is 5.75 Å². The first-order valence-corrected chi connectivity index (χ1v) is 9.74. The van der Waals surface area contributed by atoms with Crippen molar-refractivity contribution in [3.63, 3.8) is 0 Å². The molecule has 6 heteroatoms. The van der Waals surface area contributed by atoms with E-state index in [0.717, 1.165) is 15.8 Å². The minimum Gasteiger partial charge on any atom is -0.492 e. The van der Waals surface area contributed by atoms with Gasteiger partial charge in [0.25, 0.3) is 0 Å². The van der Waals surface area contributed by atoms with Crippen LogP contribution in [0.5, 0.6) is 5.75 Å². The van der Waals surface area contributed by atoms with Gasteiger partial charge in [-0.15, -0.1) is 0 Å². The fourth-order valence-corrected chi connectivity index (χ4v) is 2.93. The predicted molar refractivity (Wildman–Crippen MR) is 110 cm³/mol. The highest BCUT2D eigenvalue weighted by Crippen LogP contribution is 2.31. The van der Waals surface area contributed by atoms with Gasteiger partial charge in [-0.25, -0.2) is 9.18 Å². The third kappa shape index (κ3) is 7.21. The first-order valence-electron chi connectivity index (χ1n) is 8.94. The molecule has 0 fully saturated rings. The van der Waals surface area contributed by atoms with Gasteiger partial charge >= 0.3 is 6.03 Å². The molecule has 2 aromatic rings. The Labute approximate surface area is 168 Å². The summed E-state index contributed by atoms with van der Waals surface area (Å²) >= 11 is 3.55. The highest BCUT2D eigenvalue weighted by molar-refractivity contribution is 9.10. The minimum absolute atomic E-state index is 0.0872. The number of nitrogens with one attached hydrogen (secondary N) is 2. The number of amides is 2. The maximum atomic E-state index is 13.1.